The van der Waals surface area contributed by atoms with Crippen LogP contribution >= 0.6 is 0 Å². The molecule has 7 heteroatoms. The molecule has 1 fully saturated rings. The van der Waals surface area contributed by atoms with Crippen LogP contribution in [0.1, 0.15) is 17.7 Å². The van der Waals surface area contributed by atoms with Gasteiger partial charge in [-0.2, -0.15) is 0 Å². The van der Waals surface area contributed by atoms with Gasteiger partial charge in [-0.1, -0.05) is 11.2 Å². The van der Waals surface area contributed by atoms with Crippen LogP contribution in [-0.4, -0.2) is 24.1 Å². The van der Waals surface area contributed by atoms with Gasteiger partial charge in [0.25, 0.3) is 0 Å². The Morgan fingerprint density at radius 3 is 2.50 bits per heavy atom. The van der Waals surface area contributed by atoms with E-state index in [0.29, 0.717) is 29.4 Å². The van der Waals surface area contributed by atoms with Crippen LogP contribution in [0.15, 0.2) is 28.8 Å². The molecule has 1 heterocycles. The number of rotatable bonds is 5. The molecule has 0 spiro atoms. The van der Waals surface area contributed by atoms with Crippen molar-refractivity contribution < 1.29 is 18.8 Å². The number of aryl methyl sites for hydroxylation is 2. The molecule has 1 saturated carbocycles. The van der Waals surface area contributed by atoms with Crippen molar-refractivity contribution in [3.05, 3.63) is 35.6 Å². The van der Waals surface area contributed by atoms with E-state index in [-0.39, 0.29) is 23.7 Å². The highest BCUT2D eigenvalue weighted by Crippen LogP contribution is 2.40. The number of methoxy groups -OCH3 is 1. The van der Waals surface area contributed by atoms with Gasteiger partial charge in [0.1, 0.15) is 11.5 Å². The van der Waals surface area contributed by atoms with Crippen molar-refractivity contribution in [1.82, 2.24) is 5.16 Å². The van der Waals surface area contributed by atoms with Crippen LogP contribution in [0.4, 0.5) is 11.5 Å². The van der Waals surface area contributed by atoms with E-state index in [1.54, 1.807) is 26.2 Å². The smallest absolute Gasteiger partial charge is 0.229 e. The number of anilines is 2. The summed E-state index contributed by atoms with van der Waals surface area (Å²) >= 11 is 0. The average Bonchev–Trinajstić information content (AvgIpc) is 3.25. The number of carbonyl (C=O) groups is 2. The van der Waals surface area contributed by atoms with Gasteiger partial charge in [-0.25, -0.2) is 0 Å². The Bertz CT molecular complexity index is 784. The lowest BCUT2D eigenvalue weighted by Gasteiger charge is -2.11. The van der Waals surface area contributed by atoms with Gasteiger partial charge < -0.3 is 19.9 Å². The zero-order valence-corrected chi connectivity index (χ0v) is 13.8. The second-order valence-corrected chi connectivity index (χ2v) is 5.95. The number of aromatic nitrogens is 1. The summed E-state index contributed by atoms with van der Waals surface area (Å²) in [6.07, 6.45) is 0.516. The van der Waals surface area contributed by atoms with E-state index in [1.165, 1.54) is 0 Å². The highest BCUT2D eigenvalue weighted by atomic mass is 16.5. The van der Waals surface area contributed by atoms with Gasteiger partial charge in [-0.3, -0.25) is 9.59 Å². The van der Waals surface area contributed by atoms with Gasteiger partial charge in [0.15, 0.2) is 5.82 Å². The highest BCUT2D eigenvalue weighted by Gasteiger charge is 2.48. The van der Waals surface area contributed by atoms with E-state index in [1.807, 2.05) is 19.1 Å². The van der Waals surface area contributed by atoms with E-state index >= 15 is 0 Å². The van der Waals surface area contributed by atoms with Crippen LogP contribution in [0.5, 0.6) is 5.75 Å². The van der Waals surface area contributed by atoms with Crippen LogP contribution < -0.4 is 15.4 Å². The Balaban J connectivity index is 1.60. The van der Waals surface area contributed by atoms with Gasteiger partial charge in [-0.15, -0.1) is 0 Å². The maximum absolute atomic E-state index is 12.3. The fourth-order valence-corrected chi connectivity index (χ4v) is 2.56. The van der Waals surface area contributed by atoms with Crippen LogP contribution in [-0.2, 0) is 9.59 Å². The van der Waals surface area contributed by atoms with Crippen molar-refractivity contribution in [3.63, 3.8) is 0 Å². The van der Waals surface area contributed by atoms with Crippen molar-refractivity contribution >= 4 is 23.3 Å². The summed E-state index contributed by atoms with van der Waals surface area (Å²) in [6.45, 7) is 3.67. The zero-order valence-electron chi connectivity index (χ0n) is 13.8. The third-order valence-corrected chi connectivity index (χ3v) is 3.96. The topological polar surface area (TPSA) is 93.5 Å². The molecule has 2 unspecified atom stereocenters. The molecule has 1 aromatic heterocycles. The Morgan fingerprint density at radius 1 is 1.17 bits per heavy atom. The summed E-state index contributed by atoms with van der Waals surface area (Å²) in [4.78, 5) is 24.5. The van der Waals surface area contributed by atoms with Crippen LogP contribution in [0.25, 0.3) is 0 Å². The lowest BCUT2D eigenvalue weighted by atomic mass is 10.2. The summed E-state index contributed by atoms with van der Waals surface area (Å²) in [7, 11) is 1.55. The minimum absolute atomic E-state index is 0.185. The monoisotopic (exact) mass is 329 g/mol. The summed E-state index contributed by atoms with van der Waals surface area (Å²) in [5.41, 5.74) is 1.62. The van der Waals surface area contributed by atoms with Gasteiger partial charge >= 0.3 is 0 Å². The first-order valence-electron chi connectivity index (χ1n) is 7.67. The Morgan fingerprint density at radius 2 is 1.88 bits per heavy atom. The molecular formula is C17H19N3O4. The fraction of sp³-hybridized carbons (Fsp3) is 0.353. The molecule has 2 N–H and O–H groups in total. The number of amides is 2. The second kappa shape index (κ2) is 6.35. The quantitative estimate of drug-likeness (QED) is 0.879. The lowest BCUT2D eigenvalue weighted by Crippen LogP contribution is -2.21. The maximum Gasteiger partial charge on any atom is 0.229 e. The number of hydrogen-bond acceptors (Lipinski definition) is 5. The van der Waals surface area contributed by atoms with E-state index in [0.717, 1.165) is 5.56 Å². The number of carbonyl (C=O) groups excluding carboxylic acids is 2. The van der Waals surface area contributed by atoms with Gasteiger partial charge in [0.2, 0.25) is 11.8 Å². The first-order valence-corrected chi connectivity index (χ1v) is 7.67. The largest absolute Gasteiger partial charge is 0.495 e. The molecule has 0 aliphatic heterocycles. The SMILES string of the molecule is COc1ccc(C)cc1NC(=O)C1CC1C(=O)Nc1cc(C)on1. The highest BCUT2D eigenvalue weighted by molar-refractivity contribution is 6.03. The van der Waals surface area contributed by atoms with Crippen molar-refractivity contribution in [1.29, 1.82) is 0 Å². The fourth-order valence-electron chi connectivity index (χ4n) is 2.56. The molecule has 126 valence electrons. The molecule has 1 aliphatic carbocycles. The molecule has 3 rings (SSSR count). The number of benzene rings is 1. The molecule has 2 aromatic rings. The molecule has 2 atom stereocenters. The molecular weight excluding hydrogens is 310 g/mol. The number of ether oxygens (including phenoxy) is 1. The van der Waals surface area contributed by atoms with Gasteiger partial charge in [-0.05, 0) is 38.0 Å². The Hall–Kier alpha value is -2.83. The molecule has 1 aliphatic rings. The van der Waals surface area contributed by atoms with Crippen LogP contribution in [0, 0.1) is 25.7 Å². The number of nitrogens with zero attached hydrogens (tertiary/aromatic N) is 1. The zero-order chi connectivity index (χ0) is 17.3. The molecule has 0 saturated heterocycles. The van der Waals surface area contributed by atoms with Crippen LogP contribution in [0.2, 0.25) is 0 Å². The summed E-state index contributed by atoms with van der Waals surface area (Å²) < 4.78 is 10.1. The molecule has 0 bridgehead atoms. The lowest BCUT2D eigenvalue weighted by molar-refractivity contribution is -0.122. The molecule has 24 heavy (non-hydrogen) atoms. The summed E-state index contributed by atoms with van der Waals surface area (Å²) in [5.74, 6) is 0.468. The van der Waals surface area contributed by atoms with Crippen molar-refractivity contribution in [3.8, 4) is 5.75 Å². The van der Waals surface area contributed by atoms with E-state index in [9.17, 15) is 9.59 Å². The van der Waals surface area contributed by atoms with Crippen molar-refractivity contribution in [2.24, 2.45) is 11.8 Å². The van der Waals surface area contributed by atoms with Crippen molar-refractivity contribution in [2.75, 3.05) is 17.7 Å². The summed E-state index contributed by atoms with van der Waals surface area (Å²) in [5, 5.41) is 9.21. The molecule has 7 nitrogen and oxygen atoms in total. The van der Waals surface area contributed by atoms with E-state index in [2.05, 4.69) is 15.8 Å². The standard InChI is InChI=1S/C17H19N3O4/c1-9-4-5-14(23-3)13(6-9)18-16(21)11-8-12(11)17(22)19-15-7-10(2)24-20-15/h4-7,11-12H,8H2,1-3H3,(H,18,21)(H,19,20,22). The maximum atomic E-state index is 12.3. The van der Waals surface area contributed by atoms with Crippen LogP contribution in [0.3, 0.4) is 0 Å². The Labute approximate surface area is 139 Å². The summed E-state index contributed by atoms with van der Waals surface area (Å²) in [6, 6.07) is 7.18. The molecule has 0 radical (unpaired) electrons. The second-order valence-electron chi connectivity index (χ2n) is 5.95. The Kier molecular flexibility index (Phi) is 4.24. The minimum Gasteiger partial charge on any atom is -0.495 e. The van der Waals surface area contributed by atoms with Gasteiger partial charge in [0, 0.05) is 6.07 Å². The number of nitrogens with one attached hydrogen (secondary N) is 2. The van der Waals surface area contributed by atoms with E-state index in [4.69, 9.17) is 9.26 Å². The minimum atomic E-state index is -0.349. The first kappa shape index (κ1) is 16.0. The first-order chi connectivity index (χ1) is 11.5. The normalized spacial score (nSPS) is 18.8. The predicted molar refractivity (Wildman–Crippen MR) is 87.8 cm³/mol. The number of hydrogen-bond donors (Lipinski definition) is 2. The average molecular weight is 329 g/mol. The van der Waals surface area contributed by atoms with E-state index < -0.39 is 0 Å². The predicted octanol–water partition coefficient (Wildman–Crippen LogP) is 2.51. The molecule has 2 amide bonds. The third kappa shape index (κ3) is 3.40. The molecule has 1 aromatic carbocycles. The third-order valence-electron chi connectivity index (χ3n) is 3.96. The van der Waals surface area contributed by atoms with Gasteiger partial charge in [0.05, 0.1) is 24.6 Å². The van der Waals surface area contributed by atoms with Crippen molar-refractivity contribution in [2.45, 2.75) is 20.3 Å².